The molecule has 8 heteroatoms. The van der Waals surface area contributed by atoms with Gasteiger partial charge in [-0.2, -0.15) is 0 Å². The molecule has 2 aromatic carbocycles. The smallest absolute Gasteiger partial charge is 0.311 e. The van der Waals surface area contributed by atoms with Crippen LogP contribution < -0.4 is 9.47 Å². The monoisotopic (exact) mass is 337 g/mol. The maximum atomic E-state index is 11.4. The second kappa shape index (κ2) is 6.66. The van der Waals surface area contributed by atoms with Crippen LogP contribution in [0.3, 0.4) is 0 Å². The topological polar surface area (TPSA) is 95.7 Å². The first kappa shape index (κ1) is 16.8. The molecular weight excluding hydrogens is 322 g/mol. The average Bonchev–Trinajstić information content (AvgIpc) is 2.47. The zero-order valence-corrected chi connectivity index (χ0v) is 13.4. The Labute approximate surface area is 133 Å². The summed E-state index contributed by atoms with van der Waals surface area (Å²) in [5.74, 6) is 0.877. The molecule has 0 radical (unpaired) electrons. The van der Waals surface area contributed by atoms with E-state index in [4.69, 9.17) is 9.47 Å². The van der Waals surface area contributed by atoms with Gasteiger partial charge in [0.1, 0.15) is 11.5 Å². The van der Waals surface area contributed by atoms with E-state index in [2.05, 4.69) is 0 Å². The van der Waals surface area contributed by atoms with Gasteiger partial charge in [-0.3, -0.25) is 10.1 Å². The van der Waals surface area contributed by atoms with Crippen LogP contribution in [0.1, 0.15) is 6.92 Å². The summed E-state index contributed by atoms with van der Waals surface area (Å²) >= 11 is 0. The molecule has 0 heterocycles. The van der Waals surface area contributed by atoms with Crippen molar-refractivity contribution >= 4 is 15.5 Å². The van der Waals surface area contributed by atoms with E-state index in [0.717, 1.165) is 6.26 Å². The van der Waals surface area contributed by atoms with E-state index in [-0.39, 0.29) is 22.9 Å². The van der Waals surface area contributed by atoms with Crippen molar-refractivity contribution in [1.82, 2.24) is 0 Å². The third-order valence-corrected chi connectivity index (χ3v) is 4.04. The highest BCUT2D eigenvalue weighted by Gasteiger charge is 2.16. The van der Waals surface area contributed by atoms with Crippen LogP contribution in [0.2, 0.25) is 0 Å². The molecule has 23 heavy (non-hydrogen) atoms. The first-order valence-corrected chi connectivity index (χ1v) is 8.59. The van der Waals surface area contributed by atoms with Crippen LogP contribution in [0.4, 0.5) is 5.69 Å². The van der Waals surface area contributed by atoms with Crippen molar-refractivity contribution in [2.75, 3.05) is 12.9 Å². The number of hydrogen-bond acceptors (Lipinski definition) is 6. The number of rotatable bonds is 6. The summed E-state index contributed by atoms with van der Waals surface area (Å²) in [4.78, 5) is 10.6. The van der Waals surface area contributed by atoms with Gasteiger partial charge in [-0.05, 0) is 37.3 Å². The molecule has 0 aliphatic rings. The fourth-order valence-electron chi connectivity index (χ4n) is 1.87. The Bertz CT molecular complexity index is 814. The zero-order valence-electron chi connectivity index (χ0n) is 12.6. The van der Waals surface area contributed by atoms with E-state index in [1.807, 2.05) is 0 Å². The molecule has 2 aromatic rings. The number of nitro benzene ring substituents is 1. The number of ether oxygens (including phenoxy) is 2. The normalized spacial score (nSPS) is 11.0. The molecule has 0 amide bonds. The second-order valence-electron chi connectivity index (χ2n) is 4.67. The Morgan fingerprint density at radius 1 is 1.09 bits per heavy atom. The lowest BCUT2D eigenvalue weighted by Gasteiger charge is -2.09. The molecule has 0 aliphatic carbocycles. The first-order valence-electron chi connectivity index (χ1n) is 6.70. The number of nitrogens with zero attached hydrogens (tertiary/aromatic N) is 1. The van der Waals surface area contributed by atoms with Gasteiger partial charge in [-0.1, -0.05) is 0 Å². The molecule has 0 saturated heterocycles. The molecule has 0 atom stereocenters. The zero-order chi connectivity index (χ0) is 17.0. The molecule has 122 valence electrons. The molecule has 0 fully saturated rings. The molecule has 0 aliphatic heterocycles. The van der Waals surface area contributed by atoms with Crippen LogP contribution in [0.25, 0.3) is 0 Å². The molecule has 0 aromatic heterocycles. The third-order valence-electron chi connectivity index (χ3n) is 2.92. The Balaban J connectivity index is 2.26. The van der Waals surface area contributed by atoms with Gasteiger partial charge in [0.15, 0.2) is 9.84 Å². The SMILES string of the molecule is CCOc1cc(Oc2ccc(S(C)(=O)=O)cc2)ccc1[N+](=O)[O-]. The molecule has 7 nitrogen and oxygen atoms in total. The van der Waals surface area contributed by atoms with Gasteiger partial charge in [-0.15, -0.1) is 0 Å². The van der Waals surface area contributed by atoms with Crippen molar-refractivity contribution in [2.24, 2.45) is 0 Å². The number of sulfone groups is 1. The van der Waals surface area contributed by atoms with Crippen LogP contribution in [0, 0.1) is 10.1 Å². The van der Waals surface area contributed by atoms with Crippen molar-refractivity contribution in [3.05, 3.63) is 52.6 Å². The van der Waals surface area contributed by atoms with E-state index < -0.39 is 14.8 Å². The minimum Gasteiger partial charge on any atom is -0.487 e. The molecule has 0 unspecified atom stereocenters. The summed E-state index contributed by atoms with van der Waals surface area (Å²) in [6, 6.07) is 10.1. The third kappa shape index (κ3) is 4.19. The van der Waals surface area contributed by atoms with Crippen molar-refractivity contribution in [2.45, 2.75) is 11.8 Å². The van der Waals surface area contributed by atoms with Crippen molar-refractivity contribution in [3.63, 3.8) is 0 Å². The predicted octanol–water partition coefficient (Wildman–Crippen LogP) is 3.19. The minimum atomic E-state index is -3.27. The Morgan fingerprint density at radius 3 is 2.22 bits per heavy atom. The molecule has 0 bridgehead atoms. The molecule has 0 N–H and O–H groups in total. The fourth-order valence-corrected chi connectivity index (χ4v) is 2.50. The van der Waals surface area contributed by atoms with Gasteiger partial charge >= 0.3 is 5.69 Å². The van der Waals surface area contributed by atoms with Gasteiger partial charge in [0.05, 0.1) is 16.4 Å². The highest BCUT2D eigenvalue weighted by Crippen LogP contribution is 2.33. The van der Waals surface area contributed by atoms with Crippen molar-refractivity contribution in [1.29, 1.82) is 0 Å². The molecule has 0 saturated carbocycles. The minimum absolute atomic E-state index is 0.114. The summed E-state index contributed by atoms with van der Waals surface area (Å²) in [5.41, 5.74) is -0.147. The summed E-state index contributed by atoms with van der Waals surface area (Å²) in [5, 5.41) is 10.9. The number of hydrogen-bond donors (Lipinski definition) is 0. The average molecular weight is 337 g/mol. The van der Waals surface area contributed by atoms with Gasteiger partial charge < -0.3 is 9.47 Å². The Morgan fingerprint density at radius 2 is 1.70 bits per heavy atom. The molecular formula is C15H15NO6S. The largest absolute Gasteiger partial charge is 0.487 e. The van der Waals surface area contributed by atoms with Crippen LogP contribution in [0.5, 0.6) is 17.2 Å². The summed E-state index contributed by atoms with van der Waals surface area (Å²) in [6.07, 6.45) is 1.12. The standard InChI is InChI=1S/C15H15NO6S/c1-3-21-15-10-12(6-9-14(15)16(17)18)22-11-4-7-13(8-5-11)23(2,19)20/h4-10H,3H2,1-2H3. The quantitative estimate of drug-likeness (QED) is 0.593. The van der Waals surface area contributed by atoms with Gasteiger partial charge in [0.2, 0.25) is 5.75 Å². The van der Waals surface area contributed by atoms with Gasteiger partial charge in [-0.25, -0.2) is 8.42 Å². The van der Waals surface area contributed by atoms with E-state index in [9.17, 15) is 18.5 Å². The number of nitro groups is 1. The lowest BCUT2D eigenvalue weighted by atomic mass is 10.2. The Hall–Kier alpha value is -2.61. The predicted molar refractivity (Wildman–Crippen MR) is 83.9 cm³/mol. The lowest BCUT2D eigenvalue weighted by Crippen LogP contribution is -1.98. The molecule has 0 spiro atoms. The summed E-state index contributed by atoms with van der Waals surface area (Å²) in [6.45, 7) is 2.01. The van der Waals surface area contributed by atoms with Crippen LogP contribution in [0.15, 0.2) is 47.4 Å². The Kier molecular flexibility index (Phi) is 4.85. The van der Waals surface area contributed by atoms with Crippen molar-refractivity contribution < 1.29 is 22.8 Å². The maximum absolute atomic E-state index is 11.4. The van der Waals surface area contributed by atoms with E-state index >= 15 is 0 Å². The fraction of sp³-hybridized carbons (Fsp3) is 0.200. The highest BCUT2D eigenvalue weighted by molar-refractivity contribution is 7.90. The lowest BCUT2D eigenvalue weighted by molar-refractivity contribution is -0.385. The van der Waals surface area contributed by atoms with E-state index in [1.54, 1.807) is 6.92 Å². The van der Waals surface area contributed by atoms with Crippen LogP contribution in [-0.4, -0.2) is 26.2 Å². The van der Waals surface area contributed by atoms with E-state index in [1.165, 1.54) is 42.5 Å². The van der Waals surface area contributed by atoms with Crippen LogP contribution >= 0.6 is 0 Å². The second-order valence-corrected chi connectivity index (χ2v) is 6.68. The van der Waals surface area contributed by atoms with Crippen LogP contribution in [-0.2, 0) is 9.84 Å². The summed E-state index contributed by atoms with van der Waals surface area (Å²) < 4.78 is 33.6. The van der Waals surface area contributed by atoms with Gasteiger partial charge in [0.25, 0.3) is 0 Å². The summed E-state index contributed by atoms with van der Waals surface area (Å²) in [7, 11) is -3.27. The van der Waals surface area contributed by atoms with Crippen molar-refractivity contribution in [3.8, 4) is 17.2 Å². The maximum Gasteiger partial charge on any atom is 0.311 e. The number of benzene rings is 2. The first-order chi connectivity index (χ1) is 10.8. The van der Waals surface area contributed by atoms with E-state index in [0.29, 0.717) is 11.5 Å². The molecule has 2 rings (SSSR count). The highest BCUT2D eigenvalue weighted by atomic mass is 32.2. The van der Waals surface area contributed by atoms with Gasteiger partial charge in [0, 0.05) is 18.4 Å².